The van der Waals surface area contributed by atoms with Gasteiger partial charge in [0.25, 0.3) is 0 Å². The molecule has 3 heteroatoms. The van der Waals surface area contributed by atoms with E-state index in [4.69, 9.17) is 9.47 Å². The molecule has 0 radical (unpaired) electrons. The highest BCUT2D eigenvalue weighted by Crippen LogP contribution is 2.66. The van der Waals surface area contributed by atoms with Crippen molar-refractivity contribution in [2.75, 3.05) is 4.90 Å². The molecule has 0 unspecified atom stereocenters. The number of fused-ring (bicyclic) bond motifs is 18. The van der Waals surface area contributed by atoms with Crippen molar-refractivity contribution >= 4 is 17.1 Å². The molecule has 13 aromatic rings. The highest BCUT2D eigenvalue weighted by atomic mass is 16.5. The fourth-order valence-electron chi connectivity index (χ4n) is 14.8. The predicted molar refractivity (Wildman–Crippen MR) is 338 cm³/mol. The summed E-state index contributed by atoms with van der Waals surface area (Å²) in [6.45, 7) is 0. The third kappa shape index (κ3) is 6.74. The van der Waals surface area contributed by atoms with Crippen molar-refractivity contribution in [2.45, 2.75) is 10.8 Å². The van der Waals surface area contributed by atoms with Gasteiger partial charge in [0.1, 0.15) is 23.0 Å². The predicted octanol–water partition coefficient (Wildman–Crippen LogP) is 20.8. The van der Waals surface area contributed by atoms with Gasteiger partial charge in [-0.1, -0.05) is 261 Å². The molecule has 2 aliphatic heterocycles. The van der Waals surface area contributed by atoms with E-state index >= 15 is 0 Å². The molecular weight excluding hydrogens is 1010 g/mol. The Bertz CT molecular complexity index is 4670. The molecule has 2 spiro atoms. The zero-order valence-electron chi connectivity index (χ0n) is 45.2. The topological polar surface area (TPSA) is 21.7 Å². The van der Waals surface area contributed by atoms with Gasteiger partial charge < -0.3 is 14.4 Å². The Morgan fingerprint density at radius 2 is 0.566 bits per heavy atom. The molecule has 388 valence electrons. The molecule has 0 N–H and O–H groups in total. The van der Waals surface area contributed by atoms with Gasteiger partial charge in [0.05, 0.1) is 22.2 Å². The van der Waals surface area contributed by atoms with Gasteiger partial charge in [-0.25, -0.2) is 0 Å². The molecule has 0 aromatic heterocycles. The van der Waals surface area contributed by atoms with Crippen LogP contribution >= 0.6 is 0 Å². The van der Waals surface area contributed by atoms with E-state index in [1.54, 1.807) is 0 Å². The van der Waals surface area contributed by atoms with E-state index in [0.29, 0.717) is 0 Å². The highest BCUT2D eigenvalue weighted by molar-refractivity contribution is 6.03. The number of hydrogen-bond donors (Lipinski definition) is 0. The number of ether oxygens (including phenoxy) is 2. The molecule has 0 amide bonds. The first-order valence-electron chi connectivity index (χ1n) is 28.6. The lowest BCUT2D eigenvalue weighted by Crippen LogP contribution is -2.32. The van der Waals surface area contributed by atoms with Crippen LogP contribution in [0.5, 0.6) is 23.0 Å². The average Bonchev–Trinajstić information content (AvgIpc) is 1.73. The molecule has 17 rings (SSSR count). The van der Waals surface area contributed by atoms with Gasteiger partial charge in [-0.05, 0) is 126 Å². The van der Waals surface area contributed by atoms with Crippen LogP contribution in [0.1, 0.15) is 44.5 Å². The Kier molecular flexibility index (Phi) is 10.4. The summed E-state index contributed by atoms with van der Waals surface area (Å²) >= 11 is 0. The summed E-state index contributed by atoms with van der Waals surface area (Å²) in [6.07, 6.45) is 0. The summed E-state index contributed by atoms with van der Waals surface area (Å²) in [5.41, 5.74) is 25.7. The van der Waals surface area contributed by atoms with Crippen LogP contribution in [0.15, 0.2) is 309 Å². The van der Waals surface area contributed by atoms with Gasteiger partial charge in [0.15, 0.2) is 0 Å². The Morgan fingerprint density at radius 3 is 1.11 bits per heavy atom. The number of benzene rings is 13. The minimum Gasteiger partial charge on any atom is -0.457 e. The van der Waals surface area contributed by atoms with Crippen molar-refractivity contribution in [1.82, 2.24) is 0 Å². The molecule has 0 atom stereocenters. The Morgan fingerprint density at radius 1 is 0.217 bits per heavy atom. The van der Waals surface area contributed by atoms with Crippen LogP contribution in [0, 0.1) is 0 Å². The summed E-state index contributed by atoms with van der Waals surface area (Å²) in [5.74, 6) is 3.52. The van der Waals surface area contributed by atoms with Crippen molar-refractivity contribution in [2.24, 2.45) is 0 Å². The summed E-state index contributed by atoms with van der Waals surface area (Å²) in [5, 5.41) is 0. The summed E-state index contributed by atoms with van der Waals surface area (Å²) < 4.78 is 13.5. The smallest absolute Gasteiger partial charge is 0.132 e. The van der Waals surface area contributed by atoms with Crippen LogP contribution in [-0.2, 0) is 10.8 Å². The lowest BCUT2D eigenvalue weighted by molar-refractivity contribution is 0.436. The third-order valence-electron chi connectivity index (χ3n) is 18.0. The van der Waals surface area contributed by atoms with Crippen molar-refractivity contribution in [3.63, 3.8) is 0 Å². The fraction of sp³-hybridized carbons (Fsp3) is 0.0250. The van der Waals surface area contributed by atoms with E-state index < -0.39 is 10.8 Å². The SMILES string of the molecule is c1ccc(-c2ccc(-c3ccccc3N(c3cccc(-c4cccc5c4-c4ccccc4C54c5ccccc5Oc5ccccc54)c3)c3ccccc3-c3cccc4c3-c3ccccc3C43c4ccccc4Oc4ccccc43)cc2)cc1. The van der Waals surface area contributed by atoms with Crippen LogP contribution < -0.4 is 14.4 Å². The maximum Gasteiger partial charge on any atom is 0.132 e. The van der Waals surface area contributed by atoms with Gasteiger partial charge in [-0.2, -0.15) is 0 Å². The fourth-order valence-corrected chi connectivity index (χ4v) is 14.8. The molecule has 2 aliphatic carbocycles. The highest BCUT2D eigenvalue weighted by Gasteiger charge is 2.53. The first-order valence-corrected chi connectivity index (χ1v) is 28.6. The second-order valence-corrected chi connectivity index (χ2v) is 22.1. The molecule has 0 fully saturated rings. The van der Waals surface area contributed by atoms with E-state index in [2.05, 4.69) is 314 Å². The molecule has 0 bridgehead atoms. The molecule has 4 aliphatic rings. The van der Waals surface area contributed by atoms with Crippen LogP contribution in [0.3, 0.4) is 0 Å². The summed E-state index contributed by atoms with van der Waals surface area (Å²) in [6, 6.07) is 113. The van der Waals surface area contributed by atoms with Crippen LogP contribution in [0.2, 0.25) is 0 Å². The van der Waals surface area contributed by atoms with Crippen molar-refractivity contribution in [3.8, 4) is 89.8 Å². The van der Waals surface area contributed by atoms with Gasteiger partial charge in [0.2, 0.25) is 0 Å². The largest absolute Gasteiger partial charge is 0.457 e. The monoisotopic (exact) mass is 1060 g/mol. The van der Waals surface area contributed by atoms with Crippen molar-refractivity contribution in [1.29, 1.82) is 0 Å². The third-order valence-corrected chi connectivity index (χ3v) is 18.0. The molecule has 0 saturated carbocycles. The molecule has 2 heterocycles. The van der Waals surface area contributed by atoms with E-state index in [1.165, 1.54) is 61.2 Å². The Hall–Kier alpha value is -10.7. The second kappa shape index (κ2) is 18.4. The van der Waals surface area contributed by atoms with Crippen molar-refractivity contribution < 1.29 is 9.47 Å². The lowest BCUT2D eigenvalue weighted by Gasteiger charge is -2.39. The van der Waals surface area contributed by atoms with Gasteiger partial charge >= 0.3 is 0 Å². The van der Waals surface area contributed by atoms with Crippen LogP contribution in [-0.4, -0.2) is 0 Å². The number of nitrogens with zero attached hydrogens (tertiary/aromatic N) is 1. The number of anilines is 3. The lowest BCUT2D eigenvalue weighted by atomic mass is 9.66. The minimum absolute atomic E-state index is 0.590. The Balaban J connectivity index is 0.898. The van der Waals surface area contributed by atoms with E-state index in [-0.39, 0.29) is 0 Å². The molecule has 83 heavy (non-hydrogen) atoms. The van der Waals surface area contributed by atoms with Gasteiger partial charge in [-0.15, -0.1) is 0 Å². The van der Waals surface area contributed by atoms with E-state index in [1.807, 2.05) is 0 Å². The molecule has 3 nitrogen and oxygen atoms in total. The zero-order valence-corrected chi connectivity index (χ0v) is 45.2. The Labute approximate surface area is 483 Å². The van der Waals surface area contributed by atoms with E-state index in [9.17, 15) is 0 Å². The summed E-state index contributed by atoms with van der Waals surface area (Å²) in [7, 11) is 0. The minimum atomic E-state index is -0.614. The normalized spacial score (nSPS) is 13.7. The van der Waals surface area contributed by atoms with Gasteiger partial charge in [-0.3, -0.25) is 0 Å². The number of rotatable bonds is 7. The molecular formula is C80H51NO2. The number of hydrogen-bond acceptors (Lipinski definition) is 3. The van der Waals surface area contributed by atoms with Crippen LogP contribution in [0.4, 0.5) is 17.1 Å². The van der Waals surface area contributed by atoms with E-state index in [0.717, 1.165) is 90.1 Å². The first-order chi connectivity index (χ1) is 41.2. The first kappa shape index (κ1) is 47.1. The zero-order chi connectivity index (χ0) is 54.6. The van der Waals surface area contributed by atoms with Crippen molar-refractivity contribution in [3.05, 3.63) is 354 Å². The second-order valence-electron chi connectivity index (χ2n) is 22.1. The average molecular weight is 1060 g/mol. The van der Waals surface area contributed by atoms with Gasteiger partial charge in [0, 0.05) is 39.1 Å². The summed E-state index contributed by atoms with van der Waals surface area (Å²) in [4.78, 5) is 2.51. The molecule has 13 aromatic carbocycles. The van der Waals surface area contributed by atoms with Crippen LogP contribution in [0.25, 0.3) is 66.8 Å². The maximum absolute atomic E-state index is 6.76. The quantitative estimate of drug-likeness (QED) is 0.159. The standard InChI is InChI=1S/C80H51NO2/c1-2-23-52(24-3-1)53-47-49-54(50-48-53)57-27-6-14-41-71(57)81(56-26-20-25-55(51-56)58-31-21-39-69-77(58)61-29-4-8-33-63(61)79(69)65-35-10-16-43-73(65)82-74-44-17-11-36-66(74)79)72-42-15-7-28-59(72)60-32-22-40-70-78(60)62-30-5-9-34-64(62)80(70)67-37-12-18-45-75(67)83-76-46-19-13-38-68(76)80/h1-51H. The maximum atomic E-state index is 6.76. The number of para-hydroxylation sites is 6. The molecule has 0 saturated heterocycles.